The number of fused-ring (bicyclic) bond motifs is 2. The maximum absolute atomic E-state index is 6.22. The van der Waals surface area contributed by atoms with Crippen molar-refractivity contribution in [1.29, 1.82) is 0 Å². The molecule has 120 valence electrons. The van der Waals surface area contributed by atoms with Gasteiger partial charge in [0.2, 0.25) is 0 Å². The molecule has 2 fully saturated rings. The van der Waals surface area contributed by atoms with E-state index in [1.165, 1.54) is 0 Å². The molecular weight excluding hydrogens is 306 g/mol. The van der Waals surface area contributed by atoms with Crippen molar-refractivity contribution in [3.05, 3.63) is 22.5 Å². The molecule has 0 amide bonds. The summed E-state index contributed by atoms with van der Waals surface area (Å²) in [4.78, 5) is 4.54. The number of rotatable bonds is 3. The van der Waals surface area contributed by atoms with E-state index in [-0.39, 0.29) is 6.10 Å². The molecule has 0 aliphatic carbocycles. The van der Waals surface area contributed by atoms with Gasteiger partial charge in [0.1, 0.15) is 23.1 Å². The zero-order valence-corrected chi connectivity index (χ0v) is 13.2. The van der Waals surface area contributed by atoms with Gasteiger partial charge in [-0.3, -0.25) is 0 Å². The van der Waals surface area contributed by atoms with E-state index < -0.39 is 5.60 Å². The minimum Gasteiger partial charge on any atom is -0.490 e. The number of ether oxygens (including phenoxy) is 4. The van der Waals surface area contributed by atoms with E-state index in [0.29, 0.717) is 31.6 Å². The lowest BCUT2D eigenvalue weighted by atomic mass is 9.90. The summed E-state index contributed by atoms with van der Waals surface area (Å²) < 4.78 is 23.2. The summed E-state index contributed by atoms with van der Waals surface area (Å²) >= 11 is 6.22. The van der Waals surface area contributed by atoms with E-state index in [0.717, 1.165) is 49.3 Å². The first-order chi connectivity index (χ1) is 10.8. The highest BCUT2D eigenvalue weighted by Gasteiger charge is 2.44. The first kappa shape index (κ1) is 14.7. The average molecular weight is 326 g/mol. The van der Waals surface area contributed by atoms with Crippen LogP contribution in [0.3, 0.4) is 0 Å². The zero-order valence-electron chi connectivity index (χ0n) is 12.5. The predicted octanol–water partition coefficient (Wildman–Crippen LogP) is 2.48. The zero-order chi connectivity index (χ0) is 15.0. The fraction of sp³-hybridized carbons (Fsp3) is 0.688. The predicted molar refractivity (Wildman–Crippen MR) is 80.5 cm³/mol. The molecular formula is C16H20ClNO4. The van der Waals surface area contributed by atoms with Crippen LogP contribution in [-0.2, 0) is 26.2 Å². The topological polar surface area (TPSA) is 49.8 Å². The van der Waals surface area contributed by atoms with Crippen LogP contribution < -0.4 is 4.74 Å². The Balaban J connectivity index is 1.63. The van der Waals surface area contributed by atoms with E-state index in [4.69, 9.17) is 30.5 Å². The van der Waals surface area contributed by atoms with Gasteiger partial charge in [-0.2, -0.15) is 0 Å². The average Bonchev–Trinajstić information content (AvgIpc) is 3.18. The summed E-state index contributed by atoms with van der Waals surface area (Å²) in [6.45, 7) is 3.29. The van der Waals surface area contributed by atoms with Gasteiger partial charge in [-0.05, 0) is 12.8 Å². The van der Waals surface area contributed by atoms with Crippen LogP contribution in [0.1, 0.15) is 30.5 Å². The Morgan fingerprint density at radius 3 is 3.09 bits per heavy atom. The highest BCUT2D eigenvalue weighted by atomic mass is 35.5. The Bertz CT molecular complexity index is 553. The number of aromatic nitrogens is 1. The van der Waals surface area contributed by atoms with Gasteiger partial charge >= 0.3 is 0 Å². The van der Waals surface area contributed by atoms with Crippen molar-refractivity contribution in [2.24, 2.45) is 0 Å². The largest absolute Gasteiger partial charge is 0.490 e. The van der Waals surface area contributed by atoms with Gasteiger partial charge in [-0.15, -0.1) is 0 Å². The molecule has 4 rings (SSSR count). The van der Waals surface area contributed by atoms with Gasteiger partial charge in [0.15, 0.2) is 0 Å². The Labute approximate surface area is 134 Å². The Morgan fingerprint density at radius 1 is 1.36 bits per heavy atom. The van der Waals surface area contributed by atoms with Crippen molar-refractivity contribution in [2.75, 3.05) is 33.0 Å². The maximum atomic E-state index is 6.22. The maximum Gasteiger partial charge on any atom is 0.136 e. The Morgan fingerprint density at radius 2 is 2.32 bits per heavy atom. The summed E-state index contributed by atoms with van der Waals surface area (Å²) in [5.74, 6) is 0.820. The molecule has 3 aliphatic rings. The third-order valence-electron chi connectivity index (χ3n) is 4.65. The molecule has 0 saturated carbocycles. The Kier molecular flexibility index (Phi) is 3.98. The quantitative estimate of drug-likeness (QED) is 0.799. The number of pyridine rings is 1. The lowest BCUT2D eigenvalue weighted by Gasteiger charge is -2.34. The van der Waals surface area contributed by atoms with Crippen molar-refractivity contribution in [3.8, 4) is 5.75 Å². The monoisotopic (exact) mass is 325 g/mol. The molecule has 0 bridgehead atoms. The van der Waals surface area contributed by atoms with Gasteiger partial charge in [0.05, 0.1) is 25.0 Å². The Hall–Kier alpha value is -0.880. The molecule has 1 aromatic heterocycles. The molecule has 1 aromatic rings. The second kappa shape index (κ2) is 5.96. The van der Waals surface area contributed by atoms with Gasteiger partial charge in [-0.1, -0.05) is 11.6 Å². The second-order valence-electron chi connectivity index (χ2n) is 6.11. The fourth-order valence-electron chi connectivity index (χ4n) is 3.49. The van der Waals surface area contributed by atoms with E-state index in [1.807, 2.05) is 6.07 Å². The normalized spacial score (nSPS) is 30.7. The summed E-state index contributed by atoms with van der Waals surface area (Å²) in [5, 5.41) is 0.442. The molecule has 0 radical (unpaired) electrons. The van der Waals surface area contributed by atoms with Crippen LogP contribution in [0.25, 0.3) is 0 Å². The first-order valence-electron chi connectivity index (χ1n) is 7.93. The van der Waals surface area contributed by atoms with Crippen LogP contribution in [0.2, 0.25) is 5.15 Å². The van der Waals surface area contributed by atoms with Crippen LogP contribution in [0.15, 0.2) is 6.07 Å². The molecule has 4 heterocycles. The van der Waals surface area contributed by atoms with Crippen LogP contribution >= 0.6 is 11.6 Å². The fourth-order valence-corrected chi connectivity index (χ4v) is 3.67. The van der Waals surface area contributed by atoms with Gasteiger partial charge in [-0.25, -0.2) is 4.98 Å². The molecule has 0 N–H and O–H groups in total. The van der Waals surface area contributed by atoms with Gasteiger partial charge in [0, 0.05) is 37.7 Å². The number of hydrogen-bond acceptors (Lipinski definition) is 5. The van der Waals surface area contributed by atoms with Crippen LogP contribution in [0.4, 0.5) is 0 Å². The van der Waals surface area contributed by atoms with Crippen LogP contribution in [-0.4, -0.2) is 44.1 Å². The number of nitrogens with zero attached hydrogens (tertiary/aromatic N) is 1. The first-order valence-corrected chi connectivity index (χ1v) is 8.31. The van der Waals surface area contributed by atoms with E-state index >= 15 is 0 Å². The molecule has 1 spiro atoms. The van der Waals surface area contributed by atoms with Gasteiger partial charge in [0.25, 0.3) is 0 Å². The standard InChI is InChI=1S/C16H20ClNO4/c17-14-8-13(21-9-11-2-1-5-20-11)12-3-6-22-16(15(12)18-14)4-7-19-10-16/h8,11H,1-7,9-10H2/t11-,16?/m0/s1. The SMILES string of the molecule is Clc1cc(OC[C@@H]2CCCO2)c2c(n1)C1(CCOC1)OCC2. The lowest BCUT2D eigenvalue weighted by molar-refractivity contribution is -0.0671. The van der Waals surface area contributed by atoms with Crippen molar-refractivity contribution in [3.63, 3.8) is 0 Å². The highest BCUT2D eigenvalue weighted by molar-refractivity contribution is 6.29. The van der Waals surface area contributed by atoms with Gasteiger partial charge < -0.3 is 18.9 Å². The highest BCUT2D eigenvalue weighted by Crippen LogP contribution is 2.42. The lowest BCUT2D eigenvalue weighted by Crippen LogP contribution is -2.37. The molecule has 22 heavy (non-hydrogen) atoms. The second-order valence-corrected chi connectivity index (χ2v) is 6.50. The molecule has 2 atom stereocenters. The summed E-state index contributed by atoms with van der Waals surface area (Å²) in [7, 11) is 0. The minimum absolute atomic E-state index is 0.186. The summed E-state index contributed by atoms with van der Waals surface area (Å²) in [5.41, 5.74) is 1.56. The molecule has 5 nitrogen and oxygen atoms in total. The van der Waals surface area contributed by atoms with Crippen molar-refractivity contribution >= 4 is 11.6 Å². The summed E-state index contributed by atoms with van der Waals surface area (Å²) in [6, 6.07) is 1.81. The molecule has 0 aromatic carbocycles. The summed E-state index contributed by atoms with van der Waals surface area (Å²) in [6.07, 6.45) is 3.96. The molecule has 6 heteroatoms. The van der Waals surface area contributed by atoms with Crippen molar-refractivity contribution in [2.45, 2.75) is 37.4 Å². The van der Waals surface area contributed by atoms with Crippen LogP contribution in [0.5, 0.6) is 5.75 Å². The van der Waals surface area contributed by atoms with Crippen molar-refractivity contribution in [1.82, 2.24) is 4.98 Å². The van der Waals surface area contributed by atoms with Crippen LogP contribution in [0, 0.1) is 0 Å². The smallest absolute Gasteiger partial charge is 0.136 e. The molecule has 2 saturated heterocycles. The van der Waals surface area contributed by atoms with Crippen molar-refractivity contribution < 1.29 is 18.9 Å². The third-order valence-corrected chi connectivity index (χ3v) is 4.84. The minimum atomic E-state index is -0.444. The molecule has 3 aliphatic heterocycles. The van der Waals surface area contributed by atoms with E-state index in [9.17, 15) is 0 Å². The number of halogens is 1. The van der Waals surface area contributed by atoms with E-state index in [1.54, 1.807) is 0 Å². The third kappa shape index (κ3) is 2.60. The molecule has 1 unspecified atom stereocenters. The van der Waals surface area contributed by atoms with E-state index in [2.05, 4.69) is 4.98 Å². The number of hydrogen-bond donors (Lipinski definition) is 0.